The van der Waals surface area contributed by atoms with Gasteiger partial charge in [-0.2, -0.15) is 0 Å². The van der Waals surface area contributed by atoms with Gasteiger partial charge in [-0.05, 0) is 54.1 Å². The summed E-state index contributed by atoms with van der Waals surface area (Å²) in [5.74, 6) is -1.14. The van der Waals surface area contributed by atoms with Crippen LogP contribution in [0.15, 0.2) is 83.9 Å². The van der Waals surface area contributed by atoms with Gasteiger partial charge in [0.2, 0.25) is 11.8 Å². The third-order valence-electron chi connectivity index (χ3n) is 5.25. The number of carbonyl (C=O) groups is 3. The summed E-state index contributed by atoms with van der Waals surface area (Å²) in [5, 5.41) is 3.73. The summed E-state index contributed by atoms with van der Waals surface area (Å²) >= 11 is 7.21. The number of thioether (sulfide) groups is 1. The van der Waals surface area contributed by atoms with E-state index < -0.39 is 11.2 Å². The Balaban J connectivity index is 1.52. The van der Waals surface area contributed by atoms with E-state index in [2.05, 4.69) is 10.3 Å². The third kappa shape index (κ3) is 6.09. The maximum absolute atomic E-state index is 13.2. The van der Waals surface area contributed by atoms with Crippen molar-refractivity contribution >= 4 is 57.7 Å². The van der Waals surface area contributed by atoms with Gasteiger partial charge in [-0.3, -0.25) is 14.6 Å². The highest BCUT2D eigenvalue weighted by molar-refractivity contribution is 8.15. The molecule has 0 unspecified atom stereocenters. The molecule has 7 nitrogen and oxygen atoms in total. The number of anilines is 2. The van der Waals surface area contributed by atoms with Crippen LogP contribution in [-0.2, 0) is 20.9 Å². The highest BCUT2D eigenvalue weighted by Gasteiger charge is 2.40. The first-order valence-electron chi connectivity index (χ1n) is 10.8. The van der Waals surface area contributed by atoms with Crippen LogP contribution in [0.25, 0.3) is 0 Å². The van der Waals surface area contributed by atoms with Crippen LogP contribution in [0.3, 0.4) is 0 Å². The average Bonchev–Trinajstić information content (AvgIpc) is 3.16. The number of halogens is 1. The van der Waals surface area contributed by atoms with E-state index in [1.54, 1.807) is 24.3 Å². The molecule has 0 aromatic heterocycles. The van der Waals surface area contributed by atoms with Crippen molar-refractivity contribution in [1.29, 1.82) is 0 Å². The summed E-state index contributed by atoms with van der Waals surface area (Å²) in [7, 11) is 1.29. The van der Waals surface area contributed by atoms with Crippen LogP contribution in [0, 0.1) is 0 Å². The van der Waals surface area contributed by atoms with Crippen LogP contribution in [0.2, 0.25) is 5.02 Å². The van der Waals surface area contributed by atoms with E-state index in [4.69, 9.17) is 16.3 Å². The Morgan fingerprint density at radius 2 is 1.74 bits per heavy atom. The van der Waals surface area contributed by atoms with E-state index in [0.29, 0.717) is 28.0 Å². The molecule has 0 saturated carbocycles. The number of ether oxygens (including phenoxy) is 1. The van der Waals surface area contributed by atoms with Crippen molar-refractivity contribution in [3.8, 4) is 0 Å². The molecule has 1 N–H and O–H groups in total. The Hall–Kier alpha value is -3.62. The Labute approximate surface area is 212 Å². The molecule has 3 aromatic rings. The van der Waals surface area contributed by atoms with Crippen LogP contribution in [0.5, 0.6) is 0 Å². The number of methoxy groups -OCH3 is 1. The van der Waals surface area contributed by atoms with E-state index in [1.165, 1.54) is 31.0 Å². The minimum atomic E-state index is -0.642. The molecule has 4 rings (SSSR count). The number of benzene rings is 3. The van der Waals surface area contributed by atoms with Gasteiger partial charge >= 0.3 is 5.97 Å². The Bertz CT molecular complexity index is 1250. The number of nitrogens with one attached hydrogen (secondary N) is 1. The molecular formula is C26H22ClN3O4S. The van der Waals surface area contributed by atoms with Crippen LogP contribution >= 0.6 is 23.4 Å². The topological polar surface area (TPSA) is 88.1 Å². The first kappa shape index (κ1) is 24.5. The van der Waals surface area contributed by atoms with Crippen molar-refractivity contribution in [2.24, 2.45) is 4.99 Å². The lowest BCUT2D eigenvalue weighted by atomic mass is 10.2. The number of nitrogens with zero attached hydrogens (tertiary/aromatic N) is 2. The van der Waals surface area contributed by atoms with Crippen molar-refractivity contribution in [3.63, 3.8) is 0 Å². The smallest absolute Gasteiger partial charge is 0.337 e. The second kappa shape index (κ2) is 11.2. The Morgan fingerprint density at radius 3 is 2.40 bits per heavy atom. The van der Waals surface area contributed by atoms with Gasteiger partial charge in [0.1, 0.15) is 5.25 Å². The normalized spacial score (nSPS) is 15.9. The number of amidine groups is 1. The molecule has 1 saturated heterocycles. The van der Waals surface area contributed by atoms with E-state index in [9.17, 15) is 14.4 Å². The van der Waals surface area contributed by atoms with Crippen molar-refractivity contribution < 1.29 is 19.1 Å². The van der Waals surface area contributed by atoms with Gasteiger partial charge in [0.25, 0.3) is 0 Å². The van der Waals surface area contributed by atoms with Gasteiger partial charge in [-0.1, -0.05) is 53.7 Å². The van der Waals surface area contributed by atoms with Gasteiger partial charge in [-0.15, -0.1) is 0 Å². The number of hydrogen-bond acceptors (Lipinski definition) is 6. The van der Waals surface area contributed by atoms with Gasteiger partial charge in [0, 0.05) is 17.1 Å². The minimum Gasteiger partial charge on any atom is -0.465 e. The van der Waals surface area contributed by atoms with Crippen molar-refractivity contribution in [2.75, 3.05) is 17.3 Å². The molecule has 3 aromatic carbocycles. The fraction of sp³-hybridized carbons (Fsp3) is 0.154. The Morgan fingerprint density at radius 1 is 1.06 bits per heavy atom. The number of aliphatic imine (C=N–C) groups is 1. The highest BCUT2D eigenvalue weighted by atomic mass is 35.5. The van der Waals surface area contributed by atoms with Crippen molar-refractivity contribution in [2.45, 2.75) is 18.2 Å². The lowest BCUT2D eigenvalue weighted by Gasteiger charge is -2.16. The summed E-state index contributed by atoms with van der Waals surface area (Å²) in [6.45, 7) is 0.414. The fourth-order valence-electron chi connectivity index (χ4n) is 3.48. The molecule has 1 aliphatic rings. The van der Waals surface area contributed by atoms with E-state index >= 15 is 0 Å². The molecule has 0 radical (unpaired) electrons. The largest absolute Gasteiger partial charge is 0.465 e. The average molecular weight is 508 g/mol. The third-order valence-corrected chi connectivity index (χ3v) is 6.61. The molecule has 1 aliphatic heterocycles. The molecule has 1 heterocycles. The summed E-state index contributed by atoms with van der Waals surface area (Å²) in [4.78, 5) is 43.4. The predicted molar refractivity (Wildman–Crippen MR) is 139 cm³/mol. The van der Waals surface area contributed by atoms with Gasteiger partial charge in [0.05, 0.1) is 24.9 Å². The molecule has 2 amide bonds. The standard InChI is InChI=1S/C26H22ClN3O4S/c1-34-25(33)18-7-13-21(14-8-18)30-23(31)15-22(24(30)32)35-26(28-16-17-5-3-2-4-6-17)29-20-11-9-19(27)10-12-20/h2-14,22H,15-16H2,1H3,(H,28,29)/t22-/m1/s1. The summed E-state index contributed by atoms with van der Waals surface area (Å²) in [5.41, 5.74) is 2.53. The first-order valence-corrected chi connectivity index (χ1v) is 12.0. The number of amides is 2. The fourth-order valence-corrected chi connectivity index (χ4v) is 4.62. The molecule has 0 spiro atoms. The van der Waals surface area contributed by atoms with Crippen LogP contribution in [-0.4, -0.2) is 35.3 Å². The van der Waals surface area contributed by atoms with E-state index in [-0.39, 0.29) is 18.2 Å². The second-order valence-electron chi connectivity index (χ2n) is 7.66. The molecule has 1 atom stereocenters. The van der Waals surface area contributed by atoms with Gasteiger partial charge < -0.3 is 10.1 Å². The van der Waals surface area contributed by atoms with Crippen LogP contribution < -0.4 is 10.2 Å². The number of rotatable bonds is 6. The van der Waals surface area contributed by atoms with Crippen LogP contribution in [0.4, 0.5) is 11.4 Å². The SMILES string of the molecule is COC(=O)c1ccc(N2C(=O)C[C@@H](SC(=NCc3ccccc3)Nc3ccc(Cl)cc3)C2=O)cc1. The zero-order valence-electron chi connectivity index (χ0n) is 18.8. The summed E-state index contributed by atoms with van der Waals surface area (Å²) in [6, 6.07) is 23.1. The maximum atomic E-state index is 13.2. The number of esters is 1. The second-order valence-corrected chi connectivity index (χ2v) is 9.28. The van der Waals surface area contributed by atoms with Gasteiger partial charge in [0.15, 0.2) is 5.17 Å². The van der Waals surface area contributed by atoms with Crippen molar-refractivity contribution in [3.05, 3.63) is 95.0 Å². The first-order chi connectivity index (χ1) is 16.9. The molecular weight excluding hydrogens is 486 g/mol. The molecule has 178 valence electrons. The lowest BCUT2D eigenvalue weighted by Crippen LogP contribution is -2.31. The minimum absolute atomic E-state index is 0.0366. The molecule has 9 heteroatoms. The highest BCUT2D eigenvalue weighted by Crippen LogP contribution is 2.31. The Kier molecular flexibility index (Phi) is 7.84. The maximum Gasteiger partial charge on any atom is 0.337 e. The lowest BCUT2D eigenvalue weighted by molar-refractivity contribution is -0.121. The van der Waals surface area contributed by atoms with E-state index in [1.807, 2.05) is 42.5 Å². The summed E-state index contributed by atoms with van der Waals surface area (Å²) < 4.78 is 4.70. The zero-order valence-corrected chi connectivity index (χ0v) is 20.4. The molecule has 0 bridgehead atoms. The summed E-state index contributed by atoms with van der Waals surface area (Å²) in [6.07, 6.45) is 0.0366. The number of hydrogen-bond donors (Lipinski definition) is 1. The quantitative estimate of drug-likeness (QED) is 0.214. The van der Waals surface area contributed by atoms with E-state index in [0.717, 1.165) is 16.2 Å². The monoisotopic (exact) mass is 507 g/mol. The van der Waals surface area contributed by atoms with Crippen molar-refractivity contribution in [1.82, 2.24) is 0 Å². The number of imide groups is 1. The number of carbonyl (C=O) groups excluding carboxylic acids is 3. The van der Waals surface area contributed by atoms with Crippen LogP contribution in [0.1, 0.15) is 22.3 Å². The van der Waals surface area contributed by atoms with Gasteiger partial charge in [-0.25, -0.2) is 9.69 Å². The molecule has 0 aliphatic carbocycles. The molecule has 1 fully saturated rings. The predicted octanol–water partition coefficient (Wildman–Crippen LogP) is 5.16. The zero-order chi connectivity index (χ0) is 24.8. The molecule has 35 heavy (non-hydrogen) atoms.